The Morgan fingerprint density at radius 3 is 2.76 bits per heavy atom. The number of anilines is 1. The molecule has 0 bridgehead atoms. The predicted molar refractivity (Wildman–Crippen MR) is 123 cm³/mol. The molecule has 11 heteroatoms. The van der Waals surface area contributed by atoms with Crippen LogP contribution in [-0.4, -0.2) is 93.0 Å². The number of fused-ring (bicyclic) bond motifs is 1. The van der Waals surface area contributed by atoms with Crippen molar-refractivity contribution < 1.29 is 33.6 Å². The van der Waals surface area contributed by atoms with E-state index in [0.29, 0.717) is 36.6 Å². The van der Waals surface area contributed by atoms with E-state index in [1.54, 1.807) is 18.2 Å². The van der Waals surface area contributed by atoms with Gasteiger partial charge in [-0.15, -0.1) is 0 Å². The number of carbonyl (C=O) groups excluding carboxylic acids is 2. The average molecular weight is 479 g/mol. The first-order valence-corrected chi connectivity index (χ1v) is 11.9. The van der Waals surface area contributed by atoms with Gasteiger partial charge in [-0.2, -0.15) is 0 Å². The number of amides is 3. The summed E-state index contributed by atoms with van der Waals surface area (Å²) in [5.74, 6) is 1.16. The summed E-state index contributed by atoms with van der Waals surface area (Å²) in [5.41, 5.74) is 0.571. The quantitative estimate of drug-likeness (QED) is 0.381. The molecular weight excluding hydrogens is 444 g/mol. The molecular formula is C23H34N4O7. The molecule has 1 aromatic rings. The average Bonchev–Trinajstić information content (AvgIpc) is 3.31. The van der Waals surface area contributed by atoms with Crippen LogP contribution in [0.2, 0.25) is 0 Å². The molecule has 11 nitrogen and oxygen atoms in total. The summed E-state index contributed by atoms with van der Waals surface area (Å²) in [6.45, 7) is 4.91. The van der Waals surface area contributed by atoms with Crippen LogP contribution in [0.15, 0.2) is 18.2 Å². The Hall–Kier alpha value is -2.60. The number of aliphatic hydroxyl groups excluding tert-OH is 1. The lowest BCUT2D eigenvalue weighted by Gasteiger charge is -2.36. The number of hydrogen-bond donors (Lipinski definition) is 4. The predicted octanol–water partition coefficient (Wildman–Crippen LogP) is 0.674. The lowest BCUT2D eigenvalue weighted by atomic mass is 9.97. The standard InChI is InChI=1S/C23H34N4O7/c28-14-21-18(26-23(30)25-16-2-5-19-20(12-16)33-15-32-19)4-3-17(34-21)13-22(29)24-6-1-7-27-8-10-31-11-9-27/h2,5,12,17-18,21,28H,1,3-4,6-11,13-15H2,(H,24,29)(H2,25,26,30)/t17-,18-,21-/m1/s1. The second-order valence-electron chi connectivity index (χ2n) is 8.69. The minimum atomic E-state index is -0.574. The lowest BCUT2D eigenvalue weighted by molar-refractivity contribution is -0.130. The van der Waals surface area contributed by atoms with E-state index in [4.69, 9.17) is 18.9 Å². The van der Waals surface area contributed by atoms with E-state index >= 15 is 0 Å². The molecule has 34 heavy (non-hydrogen) atoms. The normalized spacial score (nSPS) is 24.4. The van der Waals surface area contributed by atoms with Crippen LogP contribution in [0.1, 0.15) is 25.7 Å². The lowest BCUT2D eigenvalue weighted by Crippen LogP contribution is -2.52. The largest absolute Gasteiger partial charge is 0.454 e. The molecule has 0 radical (unpaired) electrons. The van der Waals surface area contributed by atoms with Crippen LogP contribution in [0.5, 0.6) is 11.5 Å². The highest BCUT2D eigenvalue weighted by Gasteiger charge is 2.33. The van der Waals surface area contributed by atoms with Gasteiger partial charge in [0, 0.05) is 31.4 Å². The van der Waals surface area contributed by atoms with Crippen molar-refractivity contribution >= 4 is 17.6 Å². The summed E-state index contributed by atoms with van der Waals surface area (Å²) < 4.78 is 21.8. The molecule has 3 aliphatic heterocycles. The maximum atomic E-state index is 12.5. The SMILES string of the molecule is O=C(C[C@H]1CC[C@@H](NC(=O)Nc2ccc3c(c2)OCO3)[C@@H](CO)O1)NCCCN1CCOCC1. The van der Waals surface area contributed by atoms with Crippen molar-refractivity contribution in [2.75, 3.05) is 58.1 Å². The van der Waals surface area contributed by atoms with Gasteiger partial charge in [-0.1, -0.05) is 0 Å². The molecule has 188 valence electrons. The first kappa shape index (κ1) is 24.5. The van der Waals surface area contributed by atoms with Crippen molar-refractivity contribution in [1.29, 1.82) is 0 Å². The molecule has 3 atom stereocenters. The summed E-state index contributed by atoms with van der Waals surface area (Å²) in [4.78, 5) is 27.1. The zero-order valence-corrected chi connectivity index (χ0v) is 19.3. The van der Waals surface area contributed by atoms with Crippen LogP contribution in [-0.2, 0) is 14.3 Å². The highest BCUT2D eigenvalue weighted by atomic mass is 16.7. The minimum absolute atomic E-state index is 0.0596. The number of urea groups is 1. The topological polar surface area (TPSA) is 131 Å². The number of hydrogen-bond acceptors (Lipinski definition) is 8. The number of carbonyl (C=O) groups is 2. The maximum Gasteiger partial charge on any atom is 0.319 e. The van der Waals surface area contributed by atoms with Crippen LogP contribution < -0.4 is 25.4 Å². The van der Waals surface area contributed by atoms with Gasteiger partial charge in [0.1, 0.15) is 6.10 Å². The molecule has 2 saturated heterocycles. The van der Waals surface area contributed by atoms with Gasteiger partial charge in [0.25, 0.3) is 0 Å². The summed E-state index contributed by atoms with van der Waals surface area (Å²) in [7, 11) is 0. The number of ether oxygens (including phenoxy) is 4. The number of aliphatic hydroxyl groups is 1. The van der Waals surface area contributed by atoms with Gasteiger partial charge in [-0.3, -0.25) is 9.69 Å². The number of nitrogens with one attached hydrogen (secondary N) is 3. The molecule has 3 aliphatic rings. The molecule has 4 N–H and O–H groups in total. The Labute approximate surface area is 199 Å². The molecule has 0 saturated carbocycles. The third-order valence-electron chi connectivity index (χ3n) is 6.23. The van der Waals surface area contributed by atoms with Crippen LogP contribution >= 0.6 is 0 Å². The van der Waals surface area contributed by atoms with Crippen LogP contribution in [0.25, 0.3) is 0 Å². The van der Waals surface area contributed by atoms with Gasteiger partial charge in [-0.05, 0) is 37.9 Å². The molecule has 3 amide bonds. The first-order valence-electron chi connectivity index (χ1n) is 11.9. The van der Waals surface area contributed by atoms with E-state index in [-0.39, 0.29) is 37.9 Å². The van der Waals surface area contributed by atoms with Gasteiger partial charge >= 0.3 is 6.03 Å². The van der Waals surface area contributed by atoms with Crippen molar-refractivity contribution in [3.8, 4) is 11.5 Å². The van der Waals surface area contributed by atoms with E-state index in [1.165, 1.54) is 0 Å². The van der Waals surface area contributed by atoms with E-state index < -0.39 is 12.1 Å². The Balaban J connectivity index is 1.15. The van der Waals surface area contributed by atoms with E-state index in [9.17, 15) is 14.7 Å². The van der Waals surface area contributed by atoms with Gasteiger partial charge in [0.05, 0.1) is 38.4 Å². The summed E-state index contributed by atoms with van der Waals surface area (Å²) >= 11 is 0. The highest BCUT2D eigenvalue weighted by Crippen LogP contribution is 2.34. The molecule has 1 aromatic carbocycles. The highest BCUT2D eigenvalue weighted by molar-refractivity contribution is 5.90. The molecule has 0 aliphatic carbocycles. The number of benzene rings is 1. The van der Waals surface area contributed by atoms with Crippen molar-refractivity contribution in [3.63, 3.8) is 0 Å². The molecule has 0 unspecified atom stereocenters. The van der Waals surface area contributed by atoms with E-state index in [1.807, 2.05) is 0 Å². The van der Waals surface area contributed by atoms with Crippen molar-refractivity contribution in [3.05, 3.63) is 18.2 Å². The van der Waals surface area contributed by atoms with Gasteiger partial charge < -0.3 is 40.0 Å². The third kappa shape index (κ3) is 6.95. The fourth-order valence-electron chi connectivity index (χ4n) is 4.39. The molecule has 2 fully saturated rings. The smallest absolute Gasteiger partial charge is 0.319 e. The Kier molecular flexibility index (Phi) is 8.80. The van der Waals surface area contributed by atoms with Crippen LogP contribution in [0, 0.1) is 0 Å². The summed E-state index contributed by atoms with van der Waals surface area (Å²) in [6.07, 6.45) is 1.49. The second-order valence-corrected chi connectivity index (χ2v) is 8.69. The van der Waals surface area contributed by atoms with Gasteiger partial charge in [0.2, 0.25) is 12.7 Å². The fraction of sp³-hybridized carbons (Fsp3) is 0.652. The zero-order valence-electron chi connectivity index (χ0n) is 19.3. The molecule has 0 aromatic heterocycles. The van der Waals surface area contributed by atoms with Crippen molar-refractivity contribution in [2.24, 2.45) is 0 Å². The summed E-state index contributed by atoms with van der Waals surface area (Å²) in [6, 6.07) is 4.40. The maximum absolute atomic E-state index is 12.5. The molecule has 4 rings (SSSR count). The van der Waals surface area contributed by atoms with Crippen LogP contribution in [0.3, 0.4) is 0 Å². The van der Waals surface area contributed by atoms with Gasteiger partial charge in [-0.25, -0.2) is 4.79 Å². The summed E-state index contributed by atoms with van der Waals surface area (Å²) in [5, 5.41) is 18.4. The second kappa shape index (κ2) is 12.2. The zero-order chi connectivity index (χ0) is 23.8. The minimum Gasteiger partial charge on any atom is -0.454 e. The Morgan fingerprint density at radius 2 is 1.94 bits per heavy atom. The number of morpholine rings is 1. The number of rotatable bonds is 9. The van der Waals surface area contributed by atoms with Crippen molar-refractivity contribution in [1.82, 2.24) is 15.5 Å². The van der Waals surface area contributed by atoms with Gasteiger partial charge in [0.15, 0.2) is 11.5 Å². The van der Waals surface area contributed by atoms with Crippen LogP contribution in [0.4, 0.5) is 10.5 Å². The molecule has 3 heterocycles. The van der Waals surface area contributed by atoms with E-state index in [0.717, 1.165) is 39.3 Å². The Bertz CT molecular complexity index is 834. The van der Waals surface area contributed by atoms with Crippen molar-refractivity contribution in [2.45, 2.75) is 43.9 Å². The fourth-order valence-corrected chi connectivity index (χ4v) is 4.39. The Morgan fingerprint density at radius 1 is 1.12 bits per heavy atom. The third-order valence-corrected chi connectivity index (χ3v) is 6.23. The van der Waals surface area contributed by atoms with E-state index in [2.05, 4.69) is 20.9 Å². The first-order chi connectivity index (χ1) is 16.6. The molecule has 0 spiro atoms. The number of nitrogens with zero attached hydrogens (tertiary/aromatic N) is 1. The monoisotopic (exact) mass is 478 g/mol.